The maximum absolute atomic E-state index is 14.4. The van der Waals surface area contributed by atoms with E-state index < -0.39 is 5.82 Å². The minimum absolute atomic E-state index is 0.0259. The molecule has 0 N–H and O–H groups in total. The van der Waals surface area contributed by atoms with Crippen LogP contribution in [0, 0.1) is 5.82 Å². The summed E-state index contributed by atoms with van der Waals surface area (Å²) in [6, 6.07) is 53.1. The van der Waals surface area contributed by atoms with Gasteiger partial charge in [0.1, 0.15) is 34.3 Å². The summed E-state index contributed by atoms with van der Waals surface area (Å²) >= 11 is 7.82. The van der Waals surface area contributed by atoms with Crippen LogP contribution < -0.4 is 14.2 Å². The number of aromatic nitrogens is 9. The van der Waals surface area contributed by atoms with Gasteiger partial charge in [-0.05, 0) is 165 Å². The number of fused-ring (bicyclic) bond motifs is 3. The van der Waals surface area contributed by atoms with E-state index in [-0.39, 0.29) is 29.5 Å². The molecule has 98 heavy (non-hydrogen) atoms. The summed E-state index contributed by atoms with van der Waals surface area (Å²) < 4.78 is 37.5. The fraction of sp³-hybridized carbons (Fsp3) is 0.177. The molecule has 0 radical (unpaired) electrons. The van der Waals surface area contributed by atoms with E-state index in [0.29, 0.717) is 18.3 Å². The summed E-state index contributed by atoms with van der Waals surface area (Å²) in [5.41, 5.74) is 10.8. The molecule has 492 valence electrons. The topological polar surface area (TPSA) is 147 Å². The van der Waals surface area contributed by atoms with Crippen LogP contribution in [0.5, 0.6) is 28.7 Å². The molecule has 0 bridgehead atoms. The fourth-order valence-electron chi connectivity index (χ4n) is 12.8. The highest BCUT2D eigenvalue weighted by atomic mass is 35.5. The number of rotatable bonds is 18. The molecule has 6 aromatic carbocycles. The van der Waals surface area contributed by atoms with Gasteiger partial charge in [-0.25, -0.2) is 0 Å². The molecule has 0 saturated carbocycles. The Hall–Kier alpha value is -11.1. The van der Waals surface area contributed by atoms with Gasteiger partial charge in [0.25, 0.3) is 0 Å². The zero-order chi connectivity index (χ0) is 67.7. The number of carbonyl (C=O) groups is 1. The van der Waals surface area contributed by atoms with Crippen LogP contribution in [0.15, 0.2) is 273 Å². The van der Waals surface area contributed by atoms with Gasteiger partial charge in [-0.15, -0.1) is 0 Å². The molecule has 19 heteroatoms. The fourth-order valence-corrected chi connectivity index (χ4v) is 13.9. The van der Waals surface area contributed by atoms with Crippen molar-refractivity contribution in [3.05, 3.63) is 274 Å². The van der Waals surface area contributed by atoms with E-state index in [9.17, 15) is 9.18 Å². The lowest BCUT2D eigenvalue weighted by molar-refractivity contribution is -0.127. The van der Waals surface area contributed by atoms with Crippen molar-refractivity contribution < 1.29 is 23.4 Å². The highest BCUT2D eigenvalue weighted by Gasteiger charge is 2.30. The van der Waals surface area contributed by atoms with Gasteiger partial charge >= 0.3 is 0 Å². The van der Waals surface area contributed by atoms with Gasteiger partial charge in [-0.1, -0.05) is 98.7 Å². The third-order valence-corrected chi connectivity index (χ3v) is 19.1. The number of carbonyl (C=O) groups excluding carboxylic acids is 1. The zero-order valence-electron chi connectivity index (χ0n) is 54.3. The molecule has 3 atom stereocenters. The molecule has 15 rings (SSSR count). The molecule has 0 aliphatic carbocycles. The Balaban J connectivity index is 0.000000132. The molecule has 0 spiro atoms. The van der Waals surface area contributed by atoms with Crippen molar-refractivity contribution in [1.82, 2.24) is 59.0 Å². The molecular weight excluding hydrogens is 1270 g/mol. The zero-order valence-corrected chi connectivity index (χ0v) is 55.9. The van der Waals surface area contributed by atoms with Gasteiger partial charge in [0.05, 0.1) is 41.8 Å². The Labute approximate surface area is 577 Å². The number of hydrogen-bond donors (Lipinski definition) is 0. The van der Waals surface area contributed by atoms with Crippen LogP contribution in [-0.2, 0) is 4.79 Å². The number of benzene rings is 6. The SMILES string of the molecule is C=CC(=C)N1CCC(n2nc(-c3ccc(Sc4cccc(Cl)c4)cc3)c3cnccc32)C1.C=CC(=C)N1CC[C@H](n2nc(-c3ccc(Oc4cccc(OC)c4F)cc3)c3cnccc32)C1.C=CC(=O)N1CCC[C@@H](n2nc(-c3ccc(Oc4ccccc4)cc3)c3cnccc32)C1. The number of likely N-dealkylation sites (tertiary alicyclic amines) is 3. The lowest BCUT2D eigenvalue weighted by Crippen LogP contribution is -2.40. The summed E-state index contributed by atoms with van der Waals surface area (Å²) in [5, 5.41) is 18.8. The lowest BCUT2D eigenvalue weighted by Gasteiger charge is -2.32. The van der Waals surface area contributed by atoms with Crippen molar-refractivity contribution in [2.45, 2.75) is 53.6 Å². The van der Waals surface area contributed by atoms with Crippen molar-refractivity contribution in [3.63, 3.8) is 0 Å². The highest BCUT2D eigenvalue weighted by Crippen LogP contribution is 2.39. The Morgan fingerprint density at radius 3 is 1.46 bits per heavy atom. The van der Waals surface area contributed by atoms with Crippen LogP contribution in [0.4, 0.5) is 4.39 Å². The number of halogens is 2. The van der Waals surface area contributed by atoms with Gasteiger partial charge in [-0.2, -0.15) is 19.7 Å². The quantitative estimate of drug-likeness (QED) is 0.0594. The predicted molar refractivity (Wildman–Crippen MR) is 388 cm³/mol. The van der Waals surface area contributed by atoms with Crippen molar-refractivity contribution >= 4 is 62.0 Å². The lowest BCUT2D eigenvalue weighted by atomic mass is 10.1. The summed E-state index contributed by atoms with van der Waals surface area (Å²) in [6.07, 6.45) is 20.0. The Morgan fingerprint density at radius 2 is 0.969 bits per heavy atom. The van der Waals surface area contributed by atoms with Crippen LogP contribution in [0.2, 0.25) is 5.02 Å². The summed E-state index contributed by atoms with van der Waals surface area (Å²) in [4.78, 5) is 33.8. The van der Waals surface area contributed by atoms with Crippen molar-refractivity contribution in [1.29, 1.82) is 0 Å². The second-order valence-corrected chi connectivity index (χ2v) is 25.5. The third kappa shape index (κ3) is 14.4. The number of methoxy groups -OCH3 is 1. The summed E-state index contributed by atoms with van der Waals surface area (Å²) in [6.45, 7) is 24.5. The first kappa shape index (κ1) is 65.6. The van der Waals surface area contributed by atoms with E-state index in [1.807, 2.05) is 133 Å². The number of allylic oxidation sites excluding steroid dienone is 2. The van der Waals surface area contributed by atoms with Crippen LogP contribution >= 0.6 is 23.4 Å². The predicted octanol–water partition coefficient (Wildman–Crippen LogP) is 18.1. The second kappa shape index (κ2) is 29.9. The maximum atomic E-state index is 14.4. The number of ether oxygens (including phenoxy) is 3. The molecule has 9 heterocycles. The molecule has 1 unspecified atom stereocenters. The summed E-state index contributed by atoms with van der Waals surface area (Å²) in [5.74, 6) is 1.78. The van der Waals surface area contributed by atoms with Crippen molar-refractivity contribution in [3.8, 4) is 62.5 Å². The van der Waals surface area contributed by atoms with Gasteiger partial charge in [-0.3, -0.25) is 33.8 Å². The third-order valence-electron chi connectivity index (χ3n) is 17.8. The van der Waals surface area contributed by atoms with Gasteiger partial charge in [0.15, 0.2) is 11.5 Å². The standard InChI is InChI=1S/C27H25FN4O2.C26H23ClN4S.C26H24N4O2/c1-4-18(2)31-15-13-20(17-31)32-23-12-14-29-16-22(23)27(30-32)19-8-10-21(11-9-19)34-25-7-5-6-24(33-3)26(25)28;1-3-18(2)30-14-12-21(17-30)31-25-11-13-28-16-24(25)26(29-31)19-7-9-22(10-8-19)32-23-6-4-5-20(27)15-23;1-2-25(31)29-16-6-7-20(18-29)30-24-14-15-27-17-23(24)26(28-30)19-10-12-22(13-11-19)32-21-8-4-3-5-9-21/h4-12,14,16,20H,1-2,13,15,17H2,3H3;3-11,13,15-16,21H,1-2,12,14,17H2;2-5,8-15,17,20H,1,6-7,16,18H2/t20-;;20-/m0.1/s1. The smallest absolute Gasteiger partial charge is 0.246 e. The normalized spacial score (nSPS) is 15.8. The molecule has 6 aromatic heterocycles. The monoisotopic (exact) mass is 1340 g/mol. The van der Waals surface area contributed by atoms with Crippen LogP contribution in [-0.4, -0.2) is 111 Å². The number of pyridine rings is 3. The molecule has 1 amide bonds. The van der Waals surface area contributed by atoms with E-state index in [4.69, 9.17) is 41.1 Å². The van der Waals surface area contributed by atoms with Gasteiger partial charge < -0.3 is 28.9 Å². The summed E-state index contributed by atoms with van der Waals surface area (Å²) in [7, 11) is 1.42. The number of para-hydroxylation sites is 1. The second-order valence-electron chi connectivity index (χ2n) is 23.9. The average molecular weight is 1340 g/mol. The minimum atomic E-state index is -0.533. The molecule has 3 fully saturated rings. The molecule has 3 saturated heterocycles. The number of piperidine rings is 1. The first-order chi connectivity index (χ1) is 47.9. The van der Waals surface area contributed by atoms with Gasteiger partial charge in [0.2, 0.25) is 11.7 Å². The number of hydrogen-bond acceptors (Lipinski definition) is 13. The largest absolute Gasteiger partial charge is 0.494 e. The average Bonchev–Trinajstić information content (AvgIpc) is 1.64. The van der Waals surface area contributed by atoms with E-state index >= 15 is 0 Å². The molecule has 3 aliphatic rings. The Bertz CT molecular complexity index is 4880. The highest BCUT2D eigenvalue weighted by molar-refractivity contribution is 7.99. The van der Waals surface area contributed by atoms with E-state index in [0.717, 1.165) is 163 Å². The number of amides is 1. The van der Waals surface area contributed by atoms with E-state index in [1.165, 1.54) is 13.2 Å². The van der Waals surface area contributed by atoms with Crippen LogP contribution in [0.1, 0.15) is 43.8 Å². The first-order valence-corrected chi connectivity index (χ1v) is 33.6. The van der Waals surface area contributed by atoms with Crippen molar-refractivity contribution in [2.75, 3.05) is 46.4 Å². The molecule has 12 aromatic rings. The van der Waals surface area contributed by atoms with E-state index in [1.54, 1.807) is 60.6 Å². The molecular formula is C79H72ClFN12O4S. The Morgan fingerprint density at radius 1 is 0.510 bits per heavy atom. The molecule has 16 nitrogen and oxygen atoms in total. The molecule has 3 aliphatic heterocycles. The Kier molecular flexibility index (Phi) is 20.0. The van der Waals surface area contributed by atoms with Crippen LogP contribution in [0.3, 0.4) is 0 Å². The van der Waals surface area contributed by atoms with E-state index in [2.05, 4.69) is 108 Å². The first-order valence-electron chi connectivity index (χ1n) is 32.4. The van der Waals surface area contributed by atoms with Crippen molar-refractivity contribution in [2.24, 2.45) is 0 Å². The minimum Gasteiger partial charge on any atom is -0.494 e. The van der Waals surface area contributed by atoms with Gasteiger partial charge in [0, 0.05) is 136 Å². The van der Waals surface area contributed by atoms with Crippen LogP contribution in [0.25, 0.3) is 66.5 Å². The number of nitrogens with zero attached hydrogens (tertiary/aromatic N) is 12. The maximum Gasteiger partial charge on any atom is 0.246 e.